The van der Waals surface area contributed by atoms with Crippen LogP contribution >= 0.6 is 0 Å². The summed E-state index contributed by atoms with van der Waals surface area (Å²) in [6.45, 7) is 2.66. The van der Waals surface area contributed by atoms with Crippen LogP contribution in [-0.2, 0) is 4.79 Å². The summed E-state index contributed by atoms with van der Waals surface area (Å²) in [6.07, 6.45) is 2.20. The van der Waals surface area contributed by atoms with Gasteiger partial charge in [0.2, 0.25) is 0 Å². The van der Waals surface area contributed by atoms with E-state index < -0.39 is 12.0 Å². The van der Waals surface area contributed by atoms with Gasteiger partial charge < -0.3 is 21.9 Å². The third-order valence-electron chi connectivity index (χ3n) is 2.72. The van der Waals surface area contributed by atoms with Gasteiger partial charge in [0.25, 0.3) is 0 Å². The fraction of sp³-hybridized carbons (Fsp3) is 0.800. The number of carboxylic acid groups (broad SMARTS) is 1. The molecule has 6 N–H and O–H groups in total. The summed E-state index contributed by atoms with van der Waals surface area (Å²) in [6, 6.07) is -0.335. The Bertz CT molecular complexity index is 280. The van der Waals surface area contributed by atoms with Crippen molar-refractivity contribution in [3.63, 3.8) is 0 Å². The number of aliphatic carboxylic acids is 1. The molecule has 1 aliphatic rings. The van der Waals surface area contributed by atoms with Crippen LogP contribution in [0.25, 0.3) is 0 Å². The quantitative estimate of drug-likeness (QED) is 0.278. The zero-order valence-corrected chi connectivity index (χ0v) is 9.52. The van der Waals surface area contributed by atoms with Crippen LogP contribution in [0.15, 0.2) is 4.99 Å². The van der Waals surface area contributed by atoms with E-state index in [0.717, 1.165) is 6.42 Å². The molecule has 0 bridgehead atoms. The lowest BCUT2D eigenvalue weighted by molar-refractivity contribution is -0.138. The Hall–Kier alpha value is -1.30. The van der Waals surface area contributed by atoms with Crippen LogP contribution in [-0.4, -0.2) is 35.7 Å². The van der Waals surface area contributed by atoms with Gasteiger partial charge >= 0.3 is 5.97 Å². The summed E-state index contributed by atoms with van der Waals surface area (Å²) < 4.78 is 0. The molecule has 0 aliphatic heterocycles. The Morgan fingerprint density at radius 1 is 1.69 bits per heavy atom. The van der Waals surface area contributed by atoms with Crippen molar-refractivity contribution in [2.75, 3.05) is 6.54 Å². The first-order valence-corrected chi connectivity index (χ1v) is 5.55. The van der Waals surface area contributed by atoms with E-state index in [0.29, 0.717) is 37.3 Å². The normalized spacial score (nSPS) is 26.2. The topological polar surface area (TPSA) is 114 Å². The predicted octanol–water partition coefficient (Wildman–Crippen LogP) is -0.509. The molecule has 0 aromatic heterocycles. The second kappa shape index (κ2) is 5.69. The van der Waals surface area contributed by atoms with E-state index in [2.05, 4.69) is 17.2 Å². The summed E-state index contributed by atoms with van der Waals surface area (Å²) in [7, 11) is 0. The lowest BCUT2D eigenvalue weighted by Crippen LogP contribution is -2.34. The number of rotatable bonds is 6. The van der Waals surface area contributed by atoms with Crippen LogP contribution in [0, 0.1) is 5.92 Å². The number of carbonyl (C=O) groups is 1. The summed E-state index contributed by atoms with van der Waals surface area (Å²) in [5.74, 6) is 0.148. The van der Waals surface area contributed by atoms with Crippen molar-refractivity contribution in [3.8, 4) is 0 Å². The molecular weight excluding hydrogens is 208 g/mol. The van der Waals surface area contributed by atoms with Crippen molar-refractivity contribution in [1.29, 1.82) is 0 Å². The highest BCUT2D eigenvalue weighted by Crippen LogP contribution is 2.28. The predicted molar refractivity (Wildman–Crippen MR) is 62.0 cm³/mol. The average Bonchev–Trinajstić information content (AvgIpc) is 2.88. The molecule has 1 saturated carbocycles. The third kappa shape index (κ3) is 4.48. The molecule has 0 radical (unpaired) electrons. The highest BCUT2D eigenvalue weighted by Gasteiger charge is 2.32. The summed E-state index contributed by atoms with van der Waals surface area (Å²) in [5, 5.41) is 11.6. The number of aliphatic imine (C=N–C) groups is 1. The minimum absolute atomic E-state index is 0.423. The smallest absolute Gasteiger partial charge is 0.320 e. The molecule has 3 atom stereocenters. The van der Waals surface area contributed by atoms with Crippen LogP contribution in [0.1, 0.15) is 26.2 Å². The van der Waals surface area contributed by atoms with Crippen LogP contribution in [0.5, 0.6) is 0 Å². The number of nitrogens with zero attached hydrogens (tertiary/aromatic N) is 1. The molecule has 0 aromatic carbocycles. The number of nitrogens with two attached hydrogens (primary N) is 2. The van der Waals surface area contributed by atoms with Gasteiger partial charge in [0.05, 0.1) is 0 Å². The van der Waals surface area contributed by atoms with E-state index in [1.54, 1.807) is 0 Å². The molecular formula is C10H20N4O2. The fourth-order valence-electron chi connectivity index (χ4n) is 1.39. The Morgan fingerprint density at radius 2 is 2.31 bits per heavy atom. The van der Waals surface area contributed by atoms with Gasteiger partial charge in [-0.15, -0.1) is 0 Å². The van der Waals surface area contributed by atoms with E-state index in [1.807, 2.05) is 0 Å². The first-order valence-electron chi connectivity index (χ1n) is 5.55. The monoisotopic (exact) mass is 228 g/mol. The van der Waals surface area contributed by atoms with Crippen LogP contribution in [0.2, 0.25) is 0 Å². The number of nitrogens with one attached hydrogen (secondary N) is 1. The van der Waals surface area contributed by atoms with Crippen molar-refractivity contribution < 1.29 is 9.90 Å². The summed E-state index contributed by atoms with van der Waals surface area (Å²) in [5.41, 5.74) is 11.0. The number of carboxylic acids is 1. The molecule has 1 unspecified atom stereocenters. The maximum Gasteiger partial charge on any atom is 0.320 e. The van der Waals surface area contributed by atoms with Crippen molar-refractivity contribution in [3.05, 3.63) is 0 Å². The van der Waals surface area contributed by atoms with E-state index in [9.17, 15) is 4.79 Å². The zero-order valence-electron chi connectivity index (χ0n) is 9.52. The fourth-order valence-corrected chi connectivity index (χ4v) is 1.39. The standard InChI is InChI=1S/C10H20N4O2/c1-6-5-8(6)14-10(12)13-4-2-3-7(11)9(15)16/h6-8H,2-5,11H2,1H3,(H,15,16)(H3,12,13,14)/t6?,7-,8-/m0/s1. The Balaban J connectivity index is 2.08. The van der Waals surface area contributed by atoms with Gasteiger partial charge in [-0.25, -0.2) is 0 Å². The van der Waals surface area contributed by atoms with Crippen LogP contribution < -0.4 is 16.8 Å². The highest BCUT2D eigenvalue weighted by atomic mass is 16.4. The number of hydrogen-bond donors (Lipinski definition) is 4. The van der Waals surface area contributed by atoms with Crippen molar-refractivity contribution in [2.45, 2.75) is 38.3 Å². The SMILES string of the molecule is CC1C[C@@H]1NC(N)=NCCC[C@H](N)C(=O)O. The van der Waals surface area contributed by atoms with E-state index in [-0.39, 0.29) is 0 Å². The van der Waals surface area contributed by atoms with Gasteiger partial charge in [-0.3, -0.25) is 9.79 Å². The van der Waals surface area contributed by atoms with Crippen molar-refractivity contribution in [2.24, 2.45) is 22.4 Å². The minimum atomic E-state index is -0.970. The third-order valence-corrected chi connectivity index (χ3v) is 2.72. The second-order valence-corrected chi connectivity index (χ2v) is 4.32. The molecule has 0 amide bonds. The minimum Gasteiger partial charge on any atom is -0.480 e. The largest absolute Gasteiger partial charge is 0.480 e. The van der Waals surface area contributed by atoms with E-state index >= 15 is 0 Å². The maximum atomic E-state index is 10.4. The Labute approximate surface area is 95.1 Å². The van der Waals surface area contributed by atoms with Gasteiger partial charge in [0.15, 0.2) is 5.96 Å². The molecule has 92 valence electrons. The molecule has 6 nitrogen and oxygen atoms in total. The molecule has 16 heavy (non-hydrogen) atoms. The van der Waals surface area contributed by atoms with Gasteiger partial charge in [-0.1, -0.05) is 6.92 Å². The van der Waals surface area contributed by atoms with E-state index in [1.165, 1.54) is 0 Å². The molecule has 6 heteroatoms. The Kier molecular flexibility index (Phi) is 4.54. The van der Waals surface area contributed by atoms with Gasteiger partial charge in [-0.2, -0.15) is 0 Å². The molecule has 0 saturated heterocycles. The average molecular weight is 228 g/mol. The number of guanidine groups is 1. The maximum absolute atomic E-state index is 10.4. The molecule has 1 aliphatic carbocycles. The van der Waals surface area contributed by atoms with E-state index in [4.69, 9.17) is 16.6 Å². The molecule has 0 spiro atoms. The first kappa shape index (κ1) is 12.8. The van der Waals surface area contributed by atoms with Gasteiger partial charge in [0.1, 0.15) is 6.04 Å². The Morgan fingerprint density at radius 3 is 2.81 bits per heavy atom. The lowest BCUT2D eigenvalue weighted by Gasteiger charge is -2.05. The first-order chi connectivity index (χ1) is 7.50. The molecule has 1 rings (SSSR count). The summed E-state index contributed by atoms with van der Waals surface area (Å²) >= 11 is 0. The summed E-state index contributed by atoms with van der Waals surface area (Å²) in [4.78, 5) is 14.5. The van der Waals surface area contributed by atoms with Crippen molar-refractivity contribution in [1.82, 2.24) is 5.32 Å². The lowest BCUT2D eigenvalue weighted by atomic mass is 10.2. The van der Waals surface area contributed by atoms with Gasteiger partial charge in [-0.05, 0) is 25.2 Å². The number of hydrogen-bond acceptors (Lipinski definition) is 3. The molecule has 0 aromatic rings. The van der Waals surface area contributed by atoms with Crippen LogP contribution in [0.3, 0.4) is 0 Å². The van der Waals surface area contributed by atoms with Crippen LogP contribution in [0.4, 0.5) is 0 Å². The van der Waals surface area contributed by atoms with Crippen molar-refractivity contribution >= 4 is 11.9 Å². The molecule has 0 heterocycles. The highest BCUT2D eigenvalue weighted by molar-refractivity contribution is 5.78. The van der Waals surface area contributed by atoms with Gasteiger partial charge in [0, 0.05) is 12.6 Å². The molecule has 1 fully saturated rings. The second-order valence-electron chi connectivity index (χ2n) is 4.32. The zero-order chi connectivity index (χ0) is 12.1.